The second kappa shape index (κ2) is 8.55. The fourth-order valence-corrected chi connectivity index (χ4v) is 2.33. The van der Waals surface area contributed by atoms with Gasteiger partial charge in [0.15, 0.2) is 11.5 Å². The van der Waals surface area contributed by atoms with E-state index in [-0.39, 0.29) is 16.3 Å². The van der Waals surface area contributed by atoms with Gasteiger partial charge in [-0.05, 0) is 37.6 Å². The van der Waals surface area contributed by atoms with Gasteiger partial charge >= 0.3 is 0 Å². The topological polar surface area (TPSA) is 47.6 Å². The van der Waals surface area contributed by atoms with Crippen LogP contribution in [-0.4, -0.2) is 19.1 Å². The van der Waals surface area contributed by atoms with Crippen molar-refractivity contribution in [2.24, 2.45) is 0 Å². The largest absolute Gasteiger partial charge is 0.490 e. The summed E-state index contributed by atoms with van der Waals surface area (Å²) in [5.74, 6) is -0.199. The van der Waals surface area contributed by atoms with Crippen molar-refractivity contribution < 1.29 is 18.7 Å². The van der Waals surface area contributed by atoms with Crippen LogP contribution in [0, 0.1) is 5.82 Å². The van der Waals surface area contributed by atoms with Crippen molar-refractivity contribution in [1.29, 1.82) is 0 Å². The van der Waals surface area contributed by atoms with Crippen LogP contribution in [0.4, 0.5) is 10.1 Å². The van der Waals surface area contributed by atoms with Crippen molar-refractivity contribution in [3.8, 4) is 11.5 Å². The monoisotopic (exact) mass is 351 g/mol. The second-order valence-electron chi connectivity index (χ2n) is 5.00. The highest BCUT2D eigenvalue weighted by atomic mass is 35.5. The van der Waals surface area contributed by atoms with E-state index in [4.69, 9.17) is 21.1 Å². The predicted molar refractivity (Wildman–Crippen MR) is 92.8 cm³/mol. The highest BCUT2D eigenvalue weighted by molar-refractivity contribution is 6.32. The summed E-state index contributed by atoms with van der Waals surface area (Å²) in [6.07, 6.45) is 0.817. The maximum Gasteiger partial charge on any atom is 0.255 e. The number of benzene rings is 2. The van der Waals surface area contributed by atoms with Gasteiger partial charge in [0.05, 0.1) is 23.9 Å². The molecule has 0 aliphatic rings. The lowest BCUT2D eigenvalue weighted by Crippen LogP contribution is -2.13. The van der Waals surface area contributed by atoms with Crippen LogP contribution in [0.5, 0.6) is 11.5 Å². The minimum Gasteiger partial charge on any atom is -0.490 e. The van der Waals surface area contributed by atoms with Crippen LogP contribution in [0.25, 0.3) is 0 Å². The maximum atomic E-state index is 13.7. The zero-order valence-electron chi connectivity index (χ0n) is 13.6. The fraction of sp³-hybridized carbons (Fsp3) is 0.278. The minimum absolute atomic E-state index is 0.0999. The molecule has 0 spiro atoms. The summed E-state index contributed by atoms with van der Waals surface area (Å²) < 4.78 is 24.8. The molecule has 6 heteroatoms. The van der Waals surface area contributed by atoms with Gasteiger partial charge in [0.2, 0.25) is 0 Å². The highest BCUT2D eigenvalue weighted by Crippen LogP contribution is 2.37. The zero-order valence-corrected chi connectivity index (χ0v) is 14.3. The number of carbonyl (C=O) groups excluding carboxylic acids is 1. The number of hydrogen-bond donors (Lipinski definition) is 1. The summed E-state index contributed by atoms with van der Waals surface area (Å²) in [5.41, 5.74) is 0.360. The summed E-state index contributed by atoms with van der Waals surface area (Å²) in [6.45, 7) is 4.69. The number of rotatable bonds is 7. The van der Waals surface area contributed by atoms with Crippen LogP contribution < -0.4 is 14.8 Å². The normalized spacial score (nSPS) is 10.3. The molecule has 2 rings (SSSR count). The molecule has 128 valence electrons. The molecule has 2 aromatic rings. The van der Waals surface area contributed by atoms with Crippen LogP contribution in [0.1, 0.15) is 30.6 Å². The van der Waals surface area contributed by atoms with E-state index in [1.54, 1.807) is 12.1 Å². The summed E-state index contributed by atoms with van der Waals surface area (Å²) in [5, 5.41) is 2.79. The summed E-state index contributed by atoms with van der Waals surface area (Å²) >= 11 is 6.23. The van der Waals surface area contributed by atoms with E-state index in [1.165, 1.54) is 24.3 Å². The van der Waals surface area contributed by atoms with Gasteiger partial charge in [-0.1, -0.05) is 30.7 Å². The van der Waals surface area contributed by atoms with Gasteiger partial charge in [-0.15, -0.1) is 0 Å². The minimum atomic E-state index is -0.509. The molecule has 0 radical (unpaired) electrons. The molecule has 0 atom stereocenters. The Kier molecular flexibility index (Phi) is 6.44. The number of halogens is 2. The van der Waals surface area contributed by atoms with Gasteiger partial charge in [0.1, 0.15) is 5.82 Å². The first-order chi connectivity index (χ1) is 11.6. The van der Waals surface area contributed by atoms with Crippen LogP contribution in [0.3, 0.4) is 0 Å². The lowest BCUT2D eigenvalue weighted by Gasteiger charge is -2.15. The van der Waals surface area contributed by atoms with E-state index in [1.807, 2.05) is 13.8 Å². The molecule has 0 aliphatic carbocycles. The van der Waals surface area contributed by atoms with Crippen LogP contribution in [-0.2, 0) is 0 Å². The molecule has 0 saturated heterocycles. The first kappa shape index (κ1) is 18.1. The van der Waals surface area contributed by atoms with E-state index >= 15 is 0 Å². The molecule has 2 aromatic carbocycles. The SMILES string of the molecule is CCCOc1c(Cl)cc(C(=O)Nc2ccccc2F)cc1OCC. The molecule has 0 aliphatic heterocycles. The van der Waals surface area contributed by atoms with Gasteiger partial charge in [-0.3, -0.25) is 4.79 Å². The molecule has 24 heavy (non-hydrogen) atoms. The Morgan fingerprint density at radius 3 is 2.62 bits per heavy atom. The van der Waals surface area contributed by atoms with Gasteiger partial charge < -0.3 is 14.8 Å². The third kappa shape index (κ3) is 4.38. The molecule has 1 N–H and O–H groups in total. The number of amides is 1. The number of nitrogens with one attached hydrogen (secondary N) is 1. The Hall–Kier alpha value is -2.27. The number of ether oxygens (including phenoxy) is 2. The average Bonchev–Trinajstić information content (AvgIpc) is 2.56. The first-order valence-electron chi connectivity index (χ1n) is 7.71. The average molecular weight is 352 g/mol. The highest BCUT2D eigenvalue weighted by Gasteiger charge is 2.17. The first-order valence-corrected chi connectivity index (χ1v) is 8.09. The Balaban J connectivity index is 2.29. The third-order valence-corrected chi connectivity index (χ3v) is 3.42. The standard InChI is InChI=1S/C18H19ClFNO3/c1-3-9-24-17-13(19)10-12(11-16(17)23-4-2)18(22)21-15-8-6-5-7-14(15)20/h5-8,10-11H,3-4,9H2,1-2H3,(H,21,22). The van der Waals surface area contributed by atoms with E-state index in [2.05, 4.69) is 5.32 Å². The van der Waals surface area contributed by atoms with Crippen LogP contribution in [0.15, 0.2) is 36.4 Å². The van der Waals surface area contributed by atoms with Gasteiger partial charge in [-0.25, -0.2) is 4.39 Å². The Bertz CT molecular complexity index is 721. The maximum absolute atomic E-state index is 13.7. The molecule has 0 bridgehead atoms. The van der Waals surface area contributed by atoms with Crippen molar-refractivity contribution in [2.45, 2.75) is 20.3 Å². The van der Waals surface area contributed by atoms with E-state index in [9.17, 15) is 9.18 Å². The van der Waals surface area contributed by atoms with Gasteiger partial charge in [0, 0.05) is 5.56 Å². The predicted octanol–water partition coefficient (Wildman–Crippen LogP) is 4.92. The number of carbonyl (C=O) groups is 1. The van der Waals surface area contributed by atoms with E-state index in [0.29, 0.717) is 24.7 Å². The van der Waals surface area contributed by atoms with E-state index in [0.717, 1.165) is 6.42 Å². The van der Waals surface area contributed by atoms with Crippen molar-refractivity contribution in [2.75, 3.05) is 18.5 Å². The molecule has 0 unspecified atom stereocenters. The molecule has 0 saturated carbocycles. The second-order valence-corrected chi connectivity index (χ2v) is 5.41. The molecule has 1 amide bonds. The van der Waals surface area contributed by atoms with Crippen LogP contribution in [0.2, 0.25) is 5.02 Å². The lowest BCUT2D eigenvalue weighted by molar-refractivity contribution is 0.102. The van der Waals surface area contributed by atoms with Crippen molar-refractivity contribution in [3.63, 3.8) is 0 Å². The smallest absolute Gasteiger partial charge is 0.255 e. The van der Waals surface area contributed by atoms with Gasteiger partial charge in [-0.2, -0.15) is 0 Å². The summed E-state index contributed by atoms with van der Waals surface area (Å²) in [4.78, 5) is 12.4. The van der Waals surface area contributed by atoms with Gasteiger partial charge in [0.25, 0.3) is 5.91 Å². The lowest BCUT2D eigenvalue weighted by atomic mass is 10.1. The van der Waals surface area contributed by atoms with E-state index < -0.39 is 11.7 Å². The van der Waals surface area contributed by atoms with Crippen molar-refractivity contribution in [3.05, 3.63) is 52.8 Å². The molecule has 0 fully saturated rings. The Morgan fingerprint density at radius 1 is 1.21 bits per heavy atom. The fourth-order valence-electron chi connectivity index (χ4n) is 2.06. The molecular weight excluding hydrogens is 333 g/mol. The Labute approximate surface area is 145 Å². The quantitative estimate of drug-likeness (QED) is 0.770. The third-order valence-electron chi connectivity index (χ3n) is 3.14. The number of hydrogen-bond acceptors (Lipinski definition) is 3. The molecule has 0 heterocycles. The molecule has 0 aromatic heterocycles. The van der Waals surface area contributed by atoms with Crippen LogP contribution >= 0.6 is 11.6 Å². The van der Waals surface area contributed by atoms with Crippen molar-refractivity contribution >= 4 is 23.2 Å². The number of para-hydroxylation sites is 1. The molecular formula is C18H19ClFNO3. The number of anilines is 1. The Morgan fingerprint density at radius 2 is 1.96 bits per heavy atom. The summed E-state index contributed by atoms with van der Waals surface area (Å²) in [6, 6.07) is 8.96. The van der Waals surface area contributed by atoms with Crippen molar-refractivity contribution in [1.82, 2.24) is 0 Å². The summed E-state index contributed by atoms with van der Waals surface area (Å²) in [7, 11) is 0. The zero-order chi connectivity index (χ0) is 17.5. The molecule has 4 nitrogen and oxygen atoms in total.